The molecule has 2 amide bonds. The molecule has 2 aromatic rings. The number of rotatable bonds is 6. The Bertz CT molecular complexity index is 776. The van der Waals surface area contributed by atoms with Gasteiger partial charge in [0.15, 0.2) is 0 Å². The molecule has 1 saturated heterocycles. The summed E-state index contributed by atoms with van der Waals surface area (Å²) in [7, 11) is 3.49. The number of likely N-dealkylation sites (N-methyl/N-ethyl adjacent to an activating group) is 1. The second-order valence-electron chi connectivity index (χ2n) is 6.72. The summed E-state index contributed by atoms with van der Waals surface area (Å²) >= 11 is 0. The number of hydrogen-bond acceptors (Lipinski definition) is 6. The molecule has 3 rings (SSSR count). The van der Waals surface area contributed by atoms with E-state index in [1.807, 2.05) is 4.90 Å². The Morgan fingerprint density at radius 2 is 1.96 bits per heavy atom. The fourth-order valence-corrected chi connectivity index (χ4v) is 3.21. The minimum Gasteiger partial charge on any atom is -0.341 e. The Hall–Kier alpha value is -2.75. The Balaban J connectivity index is 1.58. The summed E-state index contributed by atoms with van der Waals surface area (Å²) in [5.41, 5.74) is 0.744. The van der Waals surface area contributed by atoms with Crippen LogP contribution in [0.5, 0.6) is 0 Å². The Morgan fingerprint density at radius 3 is 2.59 bits per heavy atom. The van der Waals surface area contributed by atoms with Crippen molar-refractivity contribution >= 4 is 17.8 Å². The first-order valence-corrected chi connectivity index (χ1v) is 9.20. The van der Waals surface area contributed by atoms with Crippen molar-refractivity contribution in [1.82, 2.24) is 34.8 Å². The second-order valence-corrected chi connectivity index (χ2v) is 6.72. The third-order valence-corrected chi connectivity index (χ3v) is 4.64. The zero-order valence-electron chi connectivity index (χ0n) is 15.8. The normalized spacial score (nSPS) is 16.0. The molecule has 0 aliphatic carbocycles. The van der Waals surface area contributed by atoms with Gasteiger partial charge in [0.25, 0.3) is 0 Å². The third-order valence-electron chi connectivity index (χ3n) is 4.64. The molecule has 3 heterocycles. The van der Waals surface area contributed by atoms with Crippen LogP contribution in [0.4, 0.5) is 5.95 Å². The van der Waals surface area contributed by atoms with Gasteiger partial charge in [-0.15, -0.1) is 5.10 Å². The summed E-state index contributed by atoms with van der Waals surface area (Å²) in [6.45, 7) is 1.72. The number of aryl methyl sites for hydroxylation is 1. The highest BCUT2D eigenvalue weighted by Crippen LogP contribution is 2.14. The highest BCUT2D eigenvalue weighted by atomic mass is 16.2. The van der Waals surface area contributed by atoms with E-state index in [2.05, 4.69) is 25.8 Å². The number of aromatic nitrogens is 5. The fraction of sp³-hybridized carbons (Fsp3) is 0.588. The fourth-order valence-electron chi connectivity index (χ4n) is 3.21. The Kier molecular flexibility index (Phi) is 6.17. The van der Waals surface area contributed by atoms with Crippen molar-refractivity contribution in [2.24, 2.45) is 7.05 Å². The smallest absolute Gasteiger partial charge is 0.248 e. The first-order chi connectivity index (χ1) is 13.1. The SMILES string of the molecule is CNC(C(=O)Nc1ncn(CC(=O)N2CCCCCC2)n1)c1cnn(C)c1. The number of anilines is 1. The predicted octanol–water partition coefficient (Wildman–Crippen LogP) is 0.313. The molecule has 2 N–H and O–H groups in total. The van der Waals surface area contributed by atoms with Crippen molar-refractivity contribution in [2.75, 3.05) is 25.5 Å². The van der Waals surface area contributed by atoms with Crippen LogP contribution in [0.25, 0.3) is 0 Å². The molecule has 1 fully saturated rings. The number of likely N-dealkylation sites (tertiary alicyclic amines) is 1. The molecule has 0 saturated carbocycles. The summed E-state index contributed by atoms with van der Waals surface area (Å²) in [5.74, 6) is -0.0851. The van der Waals surface area contributed by atoms with E-state index in [9.17, 15) is 9.59 Å². The second kappa shape index (κ2) is 8.76. The van der Waals surface area contributed by atoms with Crippen LogP contribution >= 0.6 is 0 Å². The van der Waals surface area contributed by atoms with Gasteiger partial charge in [0.05, 0.1) is 6.20 Å². The van der Waals surface area contributed by atoms with E-state index in [1.54, 1.807) is 31.2 Å². The number of nitrogens with zero attached hydrogens (tertiary/aromatic N) is 6. The standard InChI is InChI=1S/C17H26N8O2/c1-18-15(13-9-20-23(2)10-13)16(27)21-17-19-12-25(22-17)11-14(26)24-7-5-3-4-6-8-24/h9-10,12,15,18H,3-8,11H2,1-2H3,(H,21,22,27). The van der Waals surface area contributed by atoms with E-state index >= 15 is 0 Å². The van der Waals surface area contributed by atoms with Crippen LogP contribution in [0.15, 0.2) is 18.7 Å². The van der Waals surface area contributed by atoms with Crippen LogP contribution < -0.4 is 10.6 Å². The molecule has 0 aromatic carbocycles. The lowest BCUT2D eigenvalue weighted by Gasteiger charge is -2.19. The molecule has 2 aromatic heterocycles. The van der Waals surface area contributed by atoms with E-state index in [0.29, 0.717) is 0 Å². The van der Waals surface area contributed by atoms with Gasteiger partial charge in [-0.25, -0.2) is 9.67 Å². The molecule has 0 spiro atoms. The van der Waals surface area contributed by atoms with Gasteiger partial charge in [-0.1, -0.05) is 12.8 Å². The quantitative estimate of drug-likeness (QED) is 0.753. The topological polar surface area (TPSA) is 110 Å². The van der Waals surface area contributed by atoms with Gasteiger partial charge >= 0.3 is 0 Å². The van der Waals surface area contributed by atoms with E-state index in [1.165, 1.54) is 23.9 Å². The molecule has 1 aliphatic rings. The zero-order chi connectivity index (χ0) is 19.2. The third kappa shape index (κ3) is 4.91. The molecule has 27 heavy (non-hydrogen) atoms. The molecular formula is C17H26N8O2. The van der Waals surface area contributed by atoms with Crippen molar-refractivity contribution in [3.8, 4) is 0 Å². The van der Waals surface area contributed by atoms with E-state index < -0.39 is 6.04 Å². The maximum atomic E-state index is 12.5. The lowest BCUT2D eigenvalue weighted by molar-refractivity contribution is -0.132. The van der Waals surface area contributed by atoms with Gasteiger partial charge < -0.3 is 10.2 Å². The summed E-state index contributed by atoms with van der Waals surface area (Å²) in [6.07, 6.45) is 9.30. The van der Waals surface area contributed by atoms with Crippen molar-refractivity contribution < 1.29 is 9.59 Å². The summed E-state index contributed by atoms with van der Waals surface area (Å²) < 4.78 is 3.09. The molecule has 1 unspecified atom stereocenters. The summed E-state index contributed by atoms with van der Waals surface area (Å²) in [5, 5.41) is 13.9. The maximum absolute atomic E-state index is 12.5. The van der Waals surface area contributed by atoms with Crippen LogP contribution in [0.1, 0.15) is 37.3 Å². The highest BCUT2D eigenvalue weighted by molar-refractivity contribution is 5.94. The van der Waals surface area contributed by atoms with Gasteiger partial charge in [0, 0.05) is 31.9 Å². The monoisotopic (exact) mass is 374 g/mol. The van der Waals surface area contributed by atoms with Gasteiger partial charge in [-0.3, -0.25) is 19.6 Å². The van der Waals surface area contributed by atoms with Crippen molar-refractivity contribution in [1.29, 1.82) is 0 Å². The van der Waals surface area contributed by atoms with E-state index in [-0.39, 0.29) is 24.3 Å². The predicted molar refractivity (Wildman–Crippen MR) is 98.7 cm³/mol. The van der Waals surface area contributed by atoms with Gasteiger partial charge in [-0.05, 0) is 19.9 Å². The number of nitrogens with one attached hydrogen (secondary N) is 2. The van der Waals surface area contributed by atoms with E-state index in [4.69, 9.17) is 0 Å². The molecule has 10 nitrogen and oxygen atoms in total. The first-order valence-electron chi connectivity index (χ1n) is 9.20. The lowest BCUT2D eigenvalue weighted by Crippen LogP contribution is -2.34. The average molecular weight is 374 g/mol. The van der Waals surface area contributed by atoms with Crippen molar-refractivity contribution in [3.63, 3.8) is 0 Å². The van der Waals surface area contributed by atoms with Crippen molar-refractivity contribution in [2.45, 2.75) is 38.3 Å². The van der Waals surface area contributed by atoms with Gasteiger partial charge in [-0.2, -0.15) is 5.10 Å². The number of hydrogen-bond donors (Lipinski definition) is 2. The molecule has 1 aliphatic heterocycles. The Labute approximate surface area is 157 Å². The molecule has 0 radical (unpaired) electrons. The summed E-state index contributed by atoms with van der Waals surface area (Å²) in [4.78, 5) is 30.9. The lowest BCUT2D eigenvalue weighted by atomic mass is 10.1. The van der Waals surface area contributed by atoms with Crippen LogP contribution in [0, 0.1) is 0 Å². The van der Waals surface area contributed by atoms with Gasteiger partial charge in [0.1, 0.15) is 18.9 Å². The van der Waals surface area contributed by atoms with Crippen molar-refractivity contribution in [3.05, 3.63) is 24.3 Å². The average Bonchev–Trinajstić information content (AvgIpc) is 3.15. The summed E-state index contributed by atoms with van der Waals surface area (Å²) in [6, 6.07) is -0.565. The highest BCUT2D eigenvalue weighted by Gasteiger charge is 2.22. The Morgan fingerprint density at radius 1 is 1.22 bits per heavy atom. The number of amides is 2. The molecule has 10 heteroatoms. The first kappa shape index (κ1) is 19.0. The van der Waals surface area contributed by atoms with E-state index in [0.717, 1.165) is 31.5 Å². The molecule has 0 bridgehead atoms. The largest absolute Gasteiger partial charge is 0.341 e. The minimum atomic E-state index is -0.565. The molecule has 1 atom stereocenters. The zero-order valence-corrected chi connectivity index (χ0v) is 15.8. The number of carbonyl (C=O) groups is 2. The molecular weight excluding hydrogens is 348 g/mol. The van der Waals surface area contributed by atoms with Crippen LogP contribution in [-0.2, 0) is 23.2 Å². The van der Waals surface area contributed by atoms with Crippen LogP contribution in [0.3, 0.4) is 0 Å². The van der Waals surface area contributed by atoms with Gasteiger partial charge in [0.2, 0.25) is 17.8 Å². The van der Waals surface area contributed by atoms with Crippen LogP contribution in [-0.4, -0.2) is 61.4 Å². The number of carbonyl (C=O) groups excluding carboxylic acids is 2. The van der Waals surface area contributed by atoms with Crippen LogP contribution in [0.2, 0.25) is 0 Å². The maximum Gasteiger partial charge on any atom is 0.248 e. The minimum absolute atomic E-state index is 0.0307. The molecule has 146 valence electrons.